The average Bonchev–Trinajstić information content (AvgIpc) is 2.90. The van der Waals surface area contributed by atoms with Crippen molar-refractivity contribution in [1.82, 2.24) is 15.5 Å². The summed E-state index contributed by atoms with van der Waals surface area (Å²) in [6.45, 7) is 3.91. The van der Waals surface area contributed by atoms with Gasteiger partial charge in [-0.25, -0.2) is 4.79 Å². The third-order valence-corrected chi connectivity index (χ3v) is 3.70. The topological polar surface area (TPSA) is 87.7 Å². The number of hydrogen-bond donors (Lipinski definition) is 2. The molecule has 112 valence electrons. The van der Waals surface area contributed by atoms with Crippen LogP contribution in [0.5, 0.6) is 0 Å². The highest BCUT2D eigenvalue weighted by Gasteiger charge is 2.34. The van der Waals surface area contributed by atoms with Crippen LogP contribution in [0.25, 0.3) is 0 Å². The van der Waals surface area contributed by atoms with Crippen molar-refractivity contribution in [3.05, 3.63) is 0 Å². The van der Waals surface area contributed by atoms with E-state index in [0.717, 1.165) is 6.42 Å². The van der Waals surface area contributed by atoms with Crippen LogP contribution in [0.4, 0.5) is 4.79 Å². The predicted octanol–water partition coefficient (Wildman–Crippen LogP) is -0.140. The smallest absolute Gasteiger partial charge is 0.407 e. The van der Waals surface area contributed by atoms with Crippen molar-refractivity contribution in [2.45, 2.75) is 32.2 Å². The molecule has 7 nitrogen and oxygen atoms in total. The Hall–Kier alpha value is -1.79. The Morgan fingerprint density at radius 3 is 2.65 bits per heavy atom. The lowest BCUT2D eigenvalue weighted by Crippen LogP contribution is -2.49. The van der Waals surface area contributed by atoms with E-state index in [1.165, 1.54) is 0 Å². The van der Waals surface area contributed by atoms with Gasteiger partial charge in [-0.1, -0.05) is 6.92 Å². The molecule has 7 heteroatoms. The second-order valence-electron chi connectivity index (χ2n) is 5.19. The van der Waals surface area contributed by atoms with Crippen LogP contribution in [-0.2, 0) is 14.3 Å². The number of amides is 3. The summed E-state index contributed by atoms with van der Waals surface area (Å²) in [6.07, 6.45) is 1.72. The maximum atomic E-state index is 12.1. The van der Waals surface area contributed by atoms with Crippen molar-refractivity contribution in [1.29, 1.82) is 0 Å². The molecule has 2 fully saturated rings. The summed E-state index contributed by atoms with van der Waals surface area (Å²) in [4.78, 5) is 36.6. The van der Waals surface area contributed by atoms with Gasteiger partial charge in [0, 0.05) is 25.6 Å². The highest BCUT2D eigenvalue weighted by atomic mass is 16.6. The van der Waals surface area contributed by atoms with Crippen molar-refractivity contribution in [3.63, 3.8) is 0 Å². The van der Waals surface area contributed by atoms with Gasteiger partial charge in [0.05, 0.1) is 0 Å². The highest BCUT2D eigenvalue weighted by molar-refractivity contribution is 5.88. The van der Waals surface area contributed by atoms with Crippen LogP contribution in [0.2, 0.25) is 0 Å². The van der Waals surface area contributed by atoms with E-state index in [4.69, 9.17) is 4.74 Å². The fourth-order valence-electron chi connectivity index (χ4n) is 2.49. The molecule has 1 unspecified atom stereocenters. The molecular weight excluding hydrogens is 262 g/mol. The van der Waals surface area contributed by atoms with E-state index in [1.807, 2.05) is 6.92 Å². The minimum Gasteiger partial charge on any atom is -0.447 e. The normalized spacial score (nSPS) is 23.1. The molecule has 2 rings (SSSR count). The molecule has 0 aromatic heterocycles. The number of rotatable bonds is 4. The molecule has 0 saturated carbocycles. The standard InChI is InChI=1S/C13H21N3O4/c1-2-5-14-11(17)9-3-6-16(7-4-9)12(18)10-8-20-13(19)15-10/h9-10H,2-8H2,1H3,(H,14,17)(H,15,19). The van der Waals surface area contributed by atoms with E-state index in [2.05, 4.69) is 10.6 Å². The Kier molecular flexibility index (Phi) is 4.81. The molecule has 2 aliphatic rings. The molecule has 0 radical (unpaired) electrons. The SMILES string of the molecule is CCCNC(=O)C1CCN(C(=O)C2COC(=O)N2)CC1. The highest BCUT2D eigenvalue weighted by Crippen LogP contribution is 2.18. The molecule has 2 heterocycles. The summed E-state index contributed by atoms with van der Waals surface area (Å²) in [6, 6.07) is -0.576. The minimum absolute atomic E-state index is 0.0139. The number of nitrogens with one attached hydrogen (secondary N) is 2. The van der Waals surface area contributed by atoms with E-state index in [0.29, 0.717) is 32.5 Å². The fraction of sp³-hybridized carbons (Fsp3) is 0.769. The van der Waals surface area contributed by atoms with E-state index in [1.54, 1.807) is 4.90 Å². The van der Waals surface area contributed by atoms with Crippen molar-refractivity contribution >= 4 is 17.9 Å². The summed E-state index contributed by atoms with van der Waals surface area (Å²) >= 11 is 0. The Bertz CT molecular complexity index is 391. The van der Waals surface area contributed by atoms with E-state index >= 15 is 0 Å². The van der Waals surface area contributed by atoms with Crippen LogP contribution in [0.1, 0.15) is 26.2 Å². The second-order valence-corrected chi connectivity index (χ2v) is 5.19. The molecule has 0 aromatic rings. The van der Waals surface area contributed by atoms with Gasteiger partial charge in [-0.2, -0.15) is 0 Å². The van der Waals surface area contributed by atoms with E-state index in [9.17, 15) is 14.4 Å². The Balaban J connectivity index is 1.77. The number of carbonyl (C=O) groups excluding carboxylic acids is 3. The summed E-state index contributed by atoms with van der Waals surface area (Å²) < 4.78 is 4.72. The molecule has 0 spiro atoms. The minimum atomic E-state index is -0.576. The second kappa shape index (κ2) is 6.58. The number of nitrogens with zero attached hydrogens (tertiary/aromatic N) is 1. The molecular formula is C13H21N3O4. The number of carbonyl (C=O) groups is 3. The van der Waals surface area contributed by atoms with Crippen LogP contribution in [0.15, 0.2) is 0 Å². The lowest BCUT2D eigenvalue weighted by atomic mass is 9.95. The van der Waals surface area contributed by atoms with Gasteiger partial charge in [-0.15, -0.1) is 0 Å². The molecule has 1 atom stereocenters. The van der Waals surface area contributed by atoms with E-state index in [-0.39, 0.29) is 24.3 Å². The maximum Gasteiger partial charge on any atom is 0.407 e. The summed E-state index contributed by atoms with van der Waals surface area (Å²) in [5.41, 5.74) is 0. The Morgan fingerprint density at radius 2 is 2.10 bits per heavy atom. The van der Waals surface area contributed by atoms with Gasteiger partial charge in [-0.05, 0) is 19.3 Å². The molecule has 2 aliphatic heterocycles. The largest absolute Gasteiger partial charge is 0.447 e. The van der Waals surface area contributed by atoms with Gasteiger partial charge in [0.15, 0.2) is 0 Å². The Morgan fingerprint density at radius 1 is 1.40 bits per heavy atom. The van der Waals surface area contributed by atoms with Gasteiger partial charge in [0.1, 0.15) is 12.6 Å². The zero-order valence-corrected chi connectivity index (χ0v) is 11.7. The van der Waals surface area contributed by atoms with Gasteiger partial charge < -0.3 is 20.3 Å². The molecule has 0 aromatic carbocycles. The molecule has 2 saturated heterocycles. The zero-order valence-electron chi connectivity index (χ0n) is 11.7. The maximum absolute atomic E-state index is 12.1. The number of ether oxygens (including phenoxy) is 1. The van der Waals surface area contributed by atoms with Gasteiger partial charge in [0.25, 0.3) is 0 Å². The third-order valence-electron chi connectivity index (χ3n) is 3.70. The molecule has 0 aliphatic carbocycles. The first-order chi connectivity index (χ1) is 9.61. The number of hydrogen-bond acceptors (Lipinski definition) is 4. The lowest BCUT2D eigenvalue weighted by molar-refractivity contribution is -0.137. The van der Waals surface area contributed by atoms with Crippen LogP contribution in [0, 0.1) is 5.92 Å². The molecule has 20 heavy (non-hydrogen) atoms. The van der Waals surface area contributed by atoms with Gasteiger partial charge in [-0.3, -0.25) is 9.59 Å². The first-order valence-electron chi connectivity index (χ1n) is 7.11. The number of cyclic esters (lactones) is 1. The quantitative estimate of drug-likeness (QED) is 0.751. The average molecular weight is 283 g/mol. The van der Waals surface area contributed by atoms with Crippen molar-refractivity contribution in [2.75, 3.05) is 26.2 Å². The van der Waals surface area contributed by atoms with E-state index < -0.39 is 12.1 Å². The first kappa shape index (κ1) is 14.6. The lowest BCUT2D eigenvalue weighted by Gasteiger charge is -2.32. The van der Waals surface area contributed by atoms with Crippen molar-refractivity contribution in [3.8, 4) is 0 Å². The number of likely N-dealkylation sites (tertiary alicyclic amines) is 1. The van der Waals surface area contributed by atoms with Crippen LogP contribution in [0.3, 0.4) is 0 Å². The first-order valence-corrected chi connectivity index (χ1v) is 7.11. The summed E-state index contributed by atoms with van der Waals surface area (Å²) in [7, 11) is 0. The van der Waals surface area contributed by atoms with Crippen molar-refractivity contribution < 1.29 is 19.1 Å². The van der Waals surface area contributed by atoms with Crippen molar-refractivity contribution in [2.24, 2.45) is 5.92 Å². The van der Waals surface area contributed by atoms with Gasteiger partial charge >= 0.3 is 6.09 Å². The zero-order chi connectivity index (χ0) is 14.5. The van der Waals surface area contributed by atoms with Crippen LogP contribution in [-0.4, -0.2) is 55.1 Å². The monoisotopic (exact) mass is 283 g/mol. The molecule has 0 bridgehead atoms. The third kappa shape index (κ3) is 3.40. The predicted molar refractivity (Wildman–Crippen MR) is 70.9 cm³/mol. The van der Waals surface area contributed by atoms with Crippen LogP contribution >= 0.6 is 0 Å². The summed E-state index contributed by atoms with van der Waals surface area (Å²) in [5.74, 6) is -0.0558. The molecule has 3 amide bonds. The fourth-order valence-corrected chi connectivity index (χ4v) is 2.49. The Labute approximate surface area is 118 Å². The molecule has 2 N–H and O–H groups in total. The number of alkyl carbamates (subject to hydrolysis) is 1. The number of piperidine rings is 1. The van der Waals surface area contributed by atoms with Gasteiger partial charge in [0.2, 0.25) is 11.8 Å². The summed E-state index contributed by atoms with van der Waals surface area (Å²) in [5, 5.41) is 5.37. The van der Waals surface area contributed by atoms with Crippen LogP contribution < -0.4 is 10.6 Å².